The molecule has 0 spiro atoms. The van der Waals surface area contributed by atoms with Crippen LogP contribution in [0.25, 0.3) is 0 Å². The lowest BCUT2D eigenvalue weighted by molar-refractivity contribution is -0.134. The maximum atomic E-state index is 10.7. The van der Waals surface area contributed by atoms with Crippen LogP contribution in [0.2, 0.25) is 0 Å². The number of allylic oxidation sites excluding steroid dienone is 5. The van der Waals surface area contributed by atoms with Gasteiger partial charge in [0.15, 0.2) is 0 Å². The van der Waals surface area contributed by atoms with Crippen LogP contribution >= 0.6 is 0 Å². The van der Waals surface area contributed by atoms with Gasteiger partial charge in [0.2, 0.25) is 0 Å². The molecule has 0 saturated heterocycles. The van der Waals surface area contributed by atoms with Gasteiger partial charge in [-0.1, -0.05) is 50.1 Å². The topological polar surface area (TPSA) is 26.3 Å². The Kier molecular flexibility index (Phi) is 9.83. The first-order valence-corrected chi connectivity index (χ1v) is 5.39. The number of unbranched alkanes of at least 4 members (excludes halogenated alkanes) is 3. The monoisotopic (exact) mass is 208 g/mol. The maximum Gasteiger partial charge on any atom is 0.330 e. The second-order valence-corrected chi connectivity index (χ2v) is 3.19. The molecule has 0 heterocycles. The van der Waals surface area contributed by atoms with Crippen LogP contribution in [0.3, 0.4) is 0 Å². The van der Waals surface area contributed by atoms with Crippen LogP contribution < -0.4 is 0 Å². The van der Waals surface area contributed by atoms with Crippen LogP contribution in [0.1, 0.15) is 32.6 Å². The van der Waals surface area contributed by atoms with E-state index < -0.39 is 0 Å². The van der Waals surface area contributed by atoms with E-state index in [1.807, 2.05) is 18.2 Å². The number of carbonyl (C=O) groups is 1. The lowest BCUT2D eigenvalue weighted by Gasteiger charge is -1.89. The zero-order valence-electron chi connectivity index (χ0n) is 9.61. The molecule has 0 aromatic rings. The first-order chi connectivity index (χ1) is 7.31. The van der Waals surface area contributed by atoms with Crippen LogP contribution in [0.15, 0.2) is 36.5 Å². The van der Waals surface area contributed by atoms with Crippen molar-refractivity contribution in [2.45, 2.75) is 32.6 Å². The molecule has 0 aliphatic carbocycles. The molecule has 0 aliphatic rings. The molecule has 0 rings (SSSR count). The highest BCUT2D eigenvalue weighted by atomic mass is 16.5. The molecule has 0 unspecified atom stereocenters. The smallest absolute Gasteiger partial charge is 0.330 e. The number of hydrogen-bond donors (Lipinski definition) is 0. The molecule has 15 heavy (non-hydrogen) atoms. The molecule has 0 atom stereocenters. The van der Waals surface area contributed by atoms with Gasteiger partial charge in [0.25, 0.3) is 0 Å². The minimum atomic E-state index is -0.327. The van der Waals surface area contributed by atoms with Gasteiger partial charge in [-0.15, -0.1) is 0 Å². The molecule has 0 saturated carbocycles. The number of carbonyl (C=O) groups excluding carboxylic acids is 1. The molecule has 0 radical (unpaired) electrons. The van der Waals surface area contributed by atoms with Gasteiger partial charge in [-0.25, -0.2) is 4.79 Å². The quantitative estimate of drug-likeness (QED) is 0.277. The van der Waals surface area contributed by atoms with Crippen molar-refractivity contribution < 1.29 is 9.53 Å². The summed E-state index contributed by atoms with van der Waals surface area (Å²) in [5, 5.41) is 0. The average Bonchev–Trinajstić information content (AvgIpc) is 2.26. The normalized spacial score (nSPS) is 11.9. The molecule has 0 aromatic heterocycles. The van der Waals surface area contributed by atoms with Gasteiger partial charge in [-0.05, 0) is 12.8 Å². The van der Waals surface area contributed by atoms with Gasteiger partial charge in [-0.2, -0.15) is 0 Å². The summed E-state index contributed by atoms with van der Waals surface area (Å²) in [7, 11) is 1.37. The van der Waals surface area contributed by atoms with E-state index in [4.69, 9.17) is 0 Å². The predicted molar refractivity (Wildman–Crippen MR) is 63.6 cm³/mol. The van der Waals surface area contributed by atoms with Crippen molar-refractivity contribution in [1.82, 2.24) is 0 Å². The third-order valence-corrected chi connectivity index (χ3v) is 1.88. The molecule has 0 aliphatic heterocycles. The fraction of sp³-hybridized carbons (Fsp3) is 0.462. The maximum absolute atomic E-state index is 10.7. The van der Waals surface area contributed by atoms with Crippen LogP contribution in [0.4, 0.5) is 0 Å². The molecule has 84 valence electrons. The number of ether oxygens (including phenoxy) is 1. The standard InChI is InChI=1S/C13H20O2/c1-3-4-5-6-7-8-9-10-11-12-13(14)15-2/h7-12H,3-6H2,1-2H3. The molecule has 0 aromatic carbocycles. The second kappa shape index (κ2) is 10.8. The molecule has 0 N–H and O–H groups in total. The van der Waals surface area contributed by atoms with Crippen LogP contribution in [-0.2, 0) is 9.53 Å². The number of rotatable bonds is 7. The Balaban J connectivity index is 3.53. The number of methoxy groups -OCH3 is 1. The number of esters is 1. The SMILES string of the molecule is CCCCCC=CC=CC=CC(=O)OC. The van der Waals surface area contributed by atoms with Gasteiger partial charge in [0.05, 0.1) is 7.11 Å². The molecule has 2 nitrogen and oxygen atoms in total. The van der Waals surface area contributed by atoms with Crippen molar-refractivity contribution in [2.75, 3.05) is 7.11 Å². The summed E-state index contributed by atoms with van der Waals surface area (Å²) in [5.74, 6) is -0.327. The van der Waals surface area contributed by atoms with E-state index in [0.29, 0.717) is 0 Å². The van der Waals surface area contributed by atoms with E-state index >= 15 is 0 Å². The van der Waals surface area contributed by atoms with Crippen molar-refractivity contribution in [3.8, 4) is 0 Å². The van der Waals surface area contributed by atoms with Gasteiger partial charge in [-0.3, -0.25) is 0 Å². The zero-order chi connectivity index (χ0) is 11.4. The predicted octanol–water partition coefficient (Wildman–Crippen LogP) is 3.41. The highest BCUT2D eigenvalue weighted by Gasteiger charge is 1.85. The Morgan fingerprint density at radius 2 is 1.87 bits per heavy atom. The third-order valence-electron chi connectivity index (χ3n) is 1.88. The van der Waals surface area contributed by atoms with Gasteiger partial charge >= 0.3 is 5.97 Å². The minimum Gasteiger partial charge on any atom is -0.466 e. The summed E-state index contributed by atoms with van der Waals surface area (Å²) < 4.78 is 4.44. The largest absolute Gasteiger partial charge is 0.466 e. The Bertz CT molecular complexity index is 237. The Morgan fingerprint density at radius 1 is 1.13 bits per heavy atom. The zero-order valence-corrected chi connectivity index (χ0v) is 9.61. The van der Waals surface area contributed by atoms with E-state index in [-0.39, 0.29) is 5.97 Å². The Morgan fingerprint density at radius 3 is 2.53 bits per heavy atom. The van der Waals surface area contributed by atoms with Gasteiger partial charge in [0.1, 0.15) is 0 Å². The van der Waals surface area contributed by atoms with Crippen LogP contribution in [0.5, 0.6) is 0 Å². The summed E-state index contributed by atoms with van der Waals surface area (Å²) in [5.41, 5.74) is 0. The van der Waals surface area contributed by atoms with Crippen molar-refractivity contribution in [3.63, 3.8) is 0 Å². The van der Waals surface area contributed by atoms with E-state index in [2.05, 4.69) is 17.7 Å². The summed E-state index contributed by atoms with van der Waals surface area (Å²) in [6, 6.07) is 0. The molecule has 0 amide bonds. The van der Waals surface area contributed by atoms with Crippen LogP contribution in [-0.4, -0.2) is 13.1 Å². The van der Waals surface area contributed by atoms with Gasteiger partial charge in [0, 0.05) is 6.08 Å². The fourth-order valence-electron chi connectivity index (χ4n) is 1.02. The molecule has 2 heteroatoms. The van der Waals surface area contributed by atoms with Gasteiger partial charge < -0.3 is 4.74 Å². The minimum absolute atomic E-state index is 0.327. The highest BCUT2D eigenvalue weighted by molar-refractivity contribution is 5.82. The summed E-state index contributed by atoms with van der Waals surface area (Å²) in [6.07, 6.45) is 15.8. The lowest BCUT2D eigenvalue weighted by Crippen LogP contribution is -1.92. The van der Waals surface area contributed by atoms with Crippen molar-refractivity contribution in [3.05, 3.63) is 36.5 Å². The summed E-state index contributed by atoms with van der Waals surface area (Å²) in [6.45, 7) is 2.20. The second-order valence-electron chi connectivity index (χ2n) is 3.19. The molecule has 0 bridgehead atoms. The summed E-state index contributed by atoms with van der Waals surface area (Å²) >= 11 is 0. The Hall–Kier alpha value is -1.31. The third kappa shape index (κ3) is 10.6. The molecule has 0 fully saturated rings. The van der Waals surface area contributed by atoms with Crippen LogP contribution in [0, 0.1) is 0 Å². The number of hydrogen-bond acceptors (Lipinski definition) is 2. The van der Waals surface area contributed by atoms with E-state index in [9.17, 15) is 4.79 Å². The Labute approximate surface area is 92.3 Å². The fourth-order valence-corrected chi connectivity index (χ4v) is 1.02. The van der Waals surface area contributed by atoms with Crippen molar-refractivity contribution >= 4 is 5.97 Å². The van der Waals surface area contributed by atoms with Crippen molar-refractivity contribution in [2.24, 2.45) is 0 Å². The van der Waals surface area contributed by atoms with E-state index in [1.54, 1.807) is 6.08 Å². The first kappa shape index (κ1) is 13.7. The average molecular weight is 208 g/mol. The highest BCUT2D eigenvalue weighted by Crippen LogP contribution is 1.99. The summed E-state index contributed by atoms with van der Waals surface area (Å²) in [4.78, 5) is 10.7. The molecular weight excluding hydrogens is 188 g/mol. The van der Waals surface area contributed by atoms with E-state index in [1.165, 1.54) is 32.4 Å². The van der Waals surface area contributed by atoms with Crippen molar-refractivity contribution in [1.29, 1.82) is 0 Å². The van der Waals surface area contributed by atoms with E-state index in [0.717, 1.165) is 6.42 Å². The lowest BCUT2D eigenvalue weighted by atomic mass is 10.2. The first-order valence-electron chi connectivity index (χ1n) is 5.39. The molecular formula is C13H20O2.